The second-order valence-corrected chi connectivity index (χ2v) is 4.20. The molecule has 0 aliphatic rings. The van der Waals surface area contributed by atoms with Crippen molar-refractivity contribution in [1.82, 2.24) is 5.32 Å². The van der Waals surface area contributed by atoms with Gasteiger partial charge >= 0.3 is 0 Å². The lowest BCUT2D eigenvalue weighted by Crippen LogP contribution is -2.23. The van der Waals surface area contributed by atoms with Gasteiger partial charge in [-0.05, 0) is 32.5 Å². The molecule has 0 saturated heterocycles. The Hall–Kier alpha value is -1.26. The van der Waals surface area contributed by atoms with Crippen molar-refractivity contribution in [3.05, 3.63) is 23.8 Å². The van der Waals surface area contributed by atoms with Crippen molar-refractivity contribution in [3.8, 4) is 11.5 Å². The maximum Gasteiger partial charge on any atom is 0.127 e. The minimum Gasteiger partial charge on any atom is -0.496 e. The van der Waals surface area contributed by atoms with Crippen LogP contribution >= 0.6 is 0 Å². The molecule has 102 valence electrons. The molecule has 2 atom stereocenters. The van der Waals surface area contributed by atoms with E-state index < -0.39 is 0 Å². The average Bonchev–Trinajstić information content (AvgIpc) is 2.43. The van der Waals surface area contributed by atoms with E-state index in [1.165, 1.54) is 0 Å². The summed E-state index contributed by atoms with van der Waals surface area (Å²) < 4.78 is 16.2. The highest BCUT2D eigenvalue weighted by atomic mass is 16.5. The summed E-state index contributed by atoms with van der Waals surface area (Å²) in [7, 11) is 6.99. The summed E-state index contributed by atoms with van der Waals surface area (Å²) in [5, 5.41) is 3.29. The van der Waals surface area contributed by atoms with E-state index in [1.807, 2.05) is 32.2 Å². The van der Waals surface area contributed by atoms with Gasteiger partial charge in [0.15, 0.2) is 0 Å². The van der Waals surface area contributed by atoms with Gasteiger partial charge in [-0.25, -0.2) is 0 Å². The van der Waals surface area contributed by atoms with Crippen LogP contribution < -0.4 is 14.8 Å². The summed E-state index contributed by atoms with van der Waals surface area (Å²) in [6.45, 7) is 2.05. The highest BCUT2D eigenvalue weighted by Crippen LogP contribution is 2.36. The molecule has 0 saturated carbocycles. The molecule has 4 nitrogen and oxygen atoms in total. The van der Waals surface area contributed by atoms with E-state index in [0.717, 1.165) is 23.5 Å². The van der Waals surface area contributed by atoms with E-state index in [-0.39, 0.29) is 12.1 Å². The van der Waals surface area contributed by atoms with Gasteiger partial charge in [-0.3, -0.25) is 0 Å². The highest BCUT2D eigenvalue weighted by Gasteiger charge is 2.21. The molecule has 0 fully saturated rings. The van der Waals surface area contributed by atoms with E-state index in [1.54, 1.807) is 21.3 Å². The van der Waals surface area contributed by atoms with E-state index in [4.69, 9.17) is 14.2 Å². The molecule has 4 heteroatoms. The number of hydrogen-bond acceptors (Lipinski definition) is 4. The topological polar surface area (TPSA) is 39.7 Å². The Morgan fingerprint density at radius 3 is 2.06 bits per heavy atom. The molecule has 0 heterocycles. The standard InChI is InChI=1S/C14H23NO3/c1-10(16-3)9-11(15-2)14-12(17-4)7-6-8-13(14)18-5/h6-8,10-11,15H,9H2,1-5H3. The Bertz CT molecular complexity index is 346. The van der Waals surface area contributed by atoms with Gasteiger partial charge in [0.1, 0.15) is 11.5 Å². The molecule has 0 aliphatic carbocycles. The van der Waals surface area contributed by atoms with E-state index in [0.29, 0.717) is 0 Å². The van der Waals surface area contributed by atoms with Gasteiger partial charge in [-0.2, -0.15) is 0 Å². The maximum atomic E-state index is 5.43. The first-order valence-electron chi connectivity index (χ1n) is 6.08. The summed E-state index contributed by atoms with van der Waals surface area (Å²) >= 11 is 0. The number of ether oxygens (including phenoxy) is 3. The summed E-state index contributed by atoms with van der Waals surface area (Å²) in [5.74, 6) is 1.66. The van der Waals surface area contributed by atoms with Gasteiger partial charge in [0.05, 0.1) is 25.9 Å². The van der Waals surface area contributed by atoms with Gasteiger partial charge in [-0.1, -0.05) is 6.07 Å². The Morgan fingerprint density at radius 1 is 1.11 bits per heavy atom. The Balaban J connectivity index is 3.09. The maximum absolute atomic E-state index is 5.43. The number of nitrogens with one attached hydrogen (secondary N) is 1. The van der Waals surface area contributed by atoms with Crippen LogP contribution in [-0.4, -0.2) is 34.5 Å². The largest absolute Gasteiger partial charge is 0.496 e. The van der Waals surface area contributed by atoms with Gasteiger partial charge in [0.2, 0.25) is 0 Å². The van der Waals surface area contributed by atoms with Crippen LogP contribution in [0.5, 0.6) is 11.5 Å². The number of methoxy groups -OCH3 is 3. The van der Waals surface area contributed by atoms with Crippen molar-refractivity contribution < 1.29 is 14.2 Å². The lowest BCUT2D eigenvalue weighted by atomic mass is 9.99. The monoisotopic (exact) mass is 253 g/mol. The zero-order valence-electron chi connectivity index (χ0n) is 11.8. The van der Waals surface area contributed by atoms with Gasteiger partial charge in [0.25, 0.3) is 0 Å². The molecule has 0 bridgehead atoms. The van der Waals surface area contributed by atoms with Crippen molar-refractivity contribution >= 4 is 0 Å². The second kappa shape index (κ2) is 7.24. The van der Waals surface area contributed by atoms with Crippen LogP contribution in [0.3, 0.4) is 0 Å². The van der Waals surface area contributed by atoms with Crippen molar-refractivity contribution in [2.75, 3.05) is 28.4 Å². The van der Waals surface area contributed by atoms with Crippen LogP contribution in [0.15, 0.2) is 18.2 Å². The first-order chi connectivity index (χ1) is 8.67. The van der Waals surface area contributed by atoms with Crippen molar-refractivity contribution in [3.63, 3.8) is 0 Å². The second-order valence-electron chi connectivity index (χ2n) is 4.20. The molecule has 0 spiro atoms. The third kappa shape index (κ3) is 3.37. The third-order valence-corrected chi connectivity index (χ3v) is 3.13. The molecule has 18 heavy (non-hydrogen) atoms. The van der Waals surface area contributed by atoms with Gasteiger partial charge in [-0.15, -0.1) is 0 Å². The Kier molecular flexibility index (Phi) is 5.95. The normalized spacial score (nSPS) is 14.1. The van der Waals surface area contributed by atoms with Gasteiger partial charge in [0, 0.05) is 13.2 Å². The highest BCUT2D eigenvalue weighted by molar-refractivity contribution is 5.47. The molecule has 1 rings (SSSR count). The van der Waals surface area contributed by atoms with Crippen molar-refractivity contribution in [2.24, 2.45) is 0 Å². The number of benzene rings is 1. The van der Waals surface area contributed by atoms with Crippen LogP contribution in [0, 0.1) is 0 Å². The molecule has 2 unspecified atom stereocenters. The minimum absolute atomic E-state index is 0.131. The third-order valence-electron chi connectivity index (χ3n) is 3.13. The molecule has 0 amide bonds. The van der Waals surface area contributed by atoms with Crippen LogP contribution in [-0.2, 0) is 4.74 Å². The molecule has 1 aromatic carbocycles. The average molecular weight is 253 g/mol. The SMILES string of the molecule is CNC(CC(C)OC)c1c(OC)cccc1OC. The first kappa shape index (κ1) is 14.8. The first-order valence-corrected chi connectivity index (χ1v) is 6.08. The fourth-order valence-corrected chi connectivity index (χ4v) is 2.03. The molecular weight excluding hydrogens is 230 g/mol. The van der Waals surface area contributed by atoms with Crippen LogP contribution in [0.4, 0.5) is 0 Å². The molecule has 1 N–H and O–H groups in total. The van der Waals surface area contributed by atoms with Crippen molar-refractivity contribution in [2.45, 2.75) is 25.5 Å². The molecule has 1 aromatic rings. The molecule has 0 radical (unpaired) electrons. The molecule has 0 aliphatic heterocycles. The molecular formula is C14H23NO3. The molecule has 0 aromatic heterocycles. The predicted molar refractivity (Wildman–Crippen MR) is 72.4 cm³/mol. The van der Waals surface area contributed by atoms with Gasteiger partial charge < -0.3 is 19.5 Å². The van der Waals surface area contributed by atoms with E-state index in [2.05, 4.69) is 5.32 Å². The fourth-order valence-electron chi connectivity index (χ4n) is 2.03. The zero-order chi connectivity index (χ0) is 13.5. The Morgan fingerprint density at radius 2 is 1.67 bits per heavy atom. The van der Waals surface area contributed by atoms with E-state index in [9.17, 15) is 0 Å². The number of rotatable bonds is 7. The summed E-state index contributed by atoms with van der Waals surface area (Å²) in [5.41, 5.74) is 1.04. The lowest BCUT2D eigenvalue weighted by Gasteiger charge is -2.24. The Labute approximate surface area is 109 Å². The van der Waals surface area contributed by atoms with Crippen molar-refractivity contribution in [1.29, 1.82) is 0 Å². The summed E-state index contributed by atoms with van der Waals surface area (Å²) in [6, 6.07) is 5.94. The van der Waals surface area contributed by atoms with E-state index >= 15 is 0 Å². The lowest BCUT2D eigenvalue weighted by molar-refractivity contribution is 0.101. The summed E-state index contributed by atoms with van der Waals surface area (Å²) in [6.07, 6.45) is 1.01. The smallest absolute Gasteiger partial charge is 0.127 e. The predicted octanol–water partition coefficient (Wildman–Crippen LogP) is 2.39. The van der Waals surface area contributed by atoms with Crippen LogP contribution in [0.25, 0.3) is 0 Å². The quantitative estimate of drug-likeness (QED) is 0.810. The summed E-state index contributed by atoms with van der Waals surface area (Å²) in [4.78, 5) is 0. The van der Waals surface area contributed by atoms with Crippen LogP contribution in [0.1, 0.15) is 24.9 Å². The zero-order valence-corrected chi connectivity index (χ0v) is 11.8. The fraction of sp³-hybridized carbons (Fsp3) is 0.571. The number of hydrogen-bond donors (Lipinski definition) is 1. The van der Waals surface area contributed by atoms with Crippen LogP contribution in [0.2, 0.25) is 0 Å². The minimum atomic E-state index is 0.131.